The Morgan fingerprint density at radius 1 is 1.05 bits per heavy atom. The van der Waals surface area contributed by atoms with E-state index >= 15 is 0 Å². The number of methoxy groups -OCH3 is 1. The highest BCUT2D eigenvalue weighted by atomic mass is 16.5. The third-order valence-electron chi connectivity index (χ3n) is 3.15. The average Bonchev–Trinajstić information content (AvgIpc) is 2.47. The molecule has 3 rings (SSSR count). The Morgan fingerprint density at radius 3 is 2.48 bits per heavy atom. The third kappa shape index (κ3) is 2.72. The molecule has 0 saturated carbocycles. The predicted molar refractivity (Wildman–Crippen MR) is 85.0 cm³/mol. The summed E-state index contributed by atoms with van der Waals surface area (Å²) in [7, 11) is 1.64. The van der Waals surface area contributed by atoms with E-state index in [9.17, 15) is 0 Å². The molecular weight excluding hydrogens is 264 g/mol. The molecule has 3 N–H and O–H groups in total. The molecule has 0 unspecified atom stereocenters. The lowest BCUT2D eigenvalue weighted by molar-refractivity contribution is 0.414. The number of hydrogen-bond acceptors (Lipinski definition) is 5. The molecule has 0 spiro atoms. The molecule has 5 nitrogen and oxygen atoms in total. The highest BCUT2D eigenvalue weighted by Crippen LogP contribution is 2.26. The van der Waals surface area contributed by atoms with Gasteiger partial charge in [-0.25, -0.2) is 9.97 Å². The van der Waals surface area contributed by atoms with Crippen LogP contribution in [0.5, 0.6) is 5.75 Å². The van der Waals surface area contributed by atoms with E-state index in [1.54, 1.807) is 7.11 Å². The molecule has 0 radical (unpaired) electrons. The lowest BCUT2D eigenvalue weighted by atomic mass is 10.2. The van der Waals surface area contributed by atoms with Crippen molar-refractivity contribution in [3.63, 3.8) is 0 Å². The van der Waals surface area contributed by atoms with Crippen LogP contribution in [0.2, 0.25) is 0 Å². The Balaban J connectivity index is 2.01. The average molecular weight is 280 g/mol. The maximum absolute atomic E-state index is 5.98. The van der Waals surface area contributed by atoms with Crippen molar-refractivity contribution in [2.75, 3.05) is 18.2 Å². The van der Waals surface area contributed by atoms with Crippen LogP contribution < -0.4 is 15.8 Å². The summed E-state index contributed by atoms with van der Waals surface area (Å²) in [6.45, 7) is 2.00. The van der Waals surface area contributed by atoms with Crippen LogP contribution in [-0.4, -0.2) is 17.1 Å². The minimum atomic E-state index is 0.370. The normalized spacial score (nSPS) is 10.6. The van der Waals surface area contributed by atoms with Crippen molar-refractivity contribution < 1.29 is 4.74 Å². The van der Waals surface area contributed by atoms with Gasteiger partial charge in [-0.2, -0.15) is 0 Å². The molecule has 0 bridgehead atoms. The van der Waals surface area contributed by atoms with Crippen molar-refractivity contribution in [3.05, 3.63) is 48.0 Å². The number of rotatable bonds is 3. The molecule has 0 aliphatic heterocycles. The fraction of sp³-hybridized carbons (Fsp3) is 0.125. The van der Waals surface area contributed by atoms with Gasteiger partial charge in [-0.1, -0.05) is 12.1 Å². The summed E-state index contributed by atoms with van der Waals surface area (Å²) in [5.74, 6) is 1.69. The van der Waals surface area contributed by atoms with Crippen LogP contribution in [0.25, 0.3) is 11.0 Å². The van der Waals surface area contributed by atoms with E-state index in [2.05, 4.69) is 15.3 Å². The van der Waals surface area contributed by atoms with Crippen LogP contribution in [0.4, 0.5) is 17.3 Å². The van der Waals surface area contributed by atoms with Gasteiger partial charge in [0.1, 0.15) is 5.75 Å². The first-order valence-electron chi connectivity index (χ1n) is 6.60. The number of hydrogen-bond donors (Lipinski definition) is 2. The lowest BCUT2D eigenvalue weighted by Gasteiger charge is -2.11. The second kappa shape index (κ2) is 5.28. The maximum Gasteiger partial charge on any atom is 0.174 e. The first-order valence-corrected chi connectivity index (χ1v) is 6.60. The molecule has 3 aromatic rings. The number of ether oxygens (including phenoxy) is 1. The van der Waals surface area contributed by atoms with Crippen molar-refractivity contribution in [1.29, 1.82) is 0 Å². The lowest BCUT2D eigenvalue weighted by Crippen LogP contribution is -2.02. The van der Waals surface area contributed by atoms with Gasteiger partial charge in [0.05, 0.1) is 18.1 Å². The quantitative estimate of drug-likeness (QED) is 0.770. The van der Waals surface area contributed by atoms with Crippen LogP contribution in [0, 0.1) is 6.92 Å². The molecule has 1 aromatic heterocycles. The van der Waals surface area contributed by atoms with E-state index in [0.717, 1.165) is 28.0 Å². The second-order valence-corrected chi connectivity index (χ2v) is 4.81. The minimum Gasteiger partial charge on any atom is -0.497 e. The molecule has 1 heterocycles. The zero-order chi connectivity index (χ0) is 14.8. The van der Waals surface area contributed by atoms with Crippen molar-refractivity contribution in [2.24, 2.45) is 0 Å². The number of nitrogens with one attached hydrogen (secondary N) is 1. The number of aryl methyl sites for hydroxylation is 1. The minimum absolute atomic E-state index is 0.370. The summed E-state index contributed by atoms with van der Waals surface area (Å²) in [5, 5.41) is 3.20. The molecule has 5 heteroatoms. The van der Waals surface area contributed by atoms with Gasteiger partial charge >= 0.3 is 0 Å². The van der Waals surface area contributed by atoms with Crippen molar-refractivity contribution >= 4 is 28.4 Å². The zero-order valence-electron chi connectivity index (χ0n) is 11.9. The number of nitrogen functional groups attached to an aromatic ring is 1. The molecule has 0 aliphatic carbocycles. The van der Waals surface area contributed by atoms with E-state index in [1.165, 1.54) is 0 Å². The van der Waals surface area contributed by atoms with Gasteiger partial charge in [0.25, 0.3) is 0 Å². The fourth-order valence-electron chi connectivity index (χ4n) is 2.18. The van der Waals surface area contributed by atoms with E-state index in [1.807, 2.05) is 49.4 Å². The van der Waals surface area contributed by atoms with Gasteiger partial charge in [0.2, 0.25) is 0 Å². The summed E-state index contributed by atoms with van der Waals surface area (Å²) in [5.41, 5.74) is 9.51. The summed E-state index contributed by atoms with van der Waals surface area (Å²) in [4.78, 5) is 8.87. The van der Waals surface area contributed by atoms with E-state index in [-0.39, 0.29) is 0 Å². The van der Waals surface area contributed by atoms with Crippen molar-refractivity contribution in [2.45, 2.75) is 6.92 Å². The number of nitrogens with two attached hydrogens (primary N) is 1. The van der Waals surface area contributed by atoms with E-state index in [0.29, 0.717) is 11.6 Å². The van der Waals surface area contributed by atoms with Gasteiger partial charge in [0.15, 0.2) is 11.6 Å². The number of benzene rings is 2. The Morgan fingerprint density at radius 2 is 1.76 bits per heavy atom. The van der Waals surface area contributed by atoms with Crippen LogP contribution >= 0.6 is 0 Å². The largest absolute Gasteiger partial charge is 0.497 e. The SMILES string of the molecule is COc1cc(C)cc(Nc2nc3ccccc3nc2N)c1. The van der Waals surface area contributed by atoms with Crippen LogP contribution in [0.15, 0.2) is 42.5 Å². The van der Waals surface area contributed by atoms with Crippen molar-refractivity contribution in [3.8, 4) is 5.75 Å². The Labute approximate surface area is 122 Å². The smallest absolute Gasteiger partial charge is 0.174 e. The van der Waals surface area contributed by atoms with Crippen molar-refractivity contribution in [1.82, 2.24) is 9.97 Å². The number of aromatic nitrogens is 2. The van der Waals surface area contributed by atoms with Gasteiger partial charge in [0, 0.05) is 11.8 Å². The number of nitrogens with zero attached hydrogens (tertiary/aromatic N) is 2. The van der Waals surface area contributed by atoms with E-state index in [4.69, 9.17) is 10.5 Å². The van der Waals surface area contributed by atoms with Crippen LogP contribution in [-0.2, 0) is 0 Å². The van der Waals surface area contributed by atoms with Gasteiger partial charge in [-0.15, -0.1) is 0 Å². The molecule has 106 valence electrons. The maximum atomic E-state index is 5.98. The summed E-state index contributed by atoms with van der Waals surface area (Å²) >= 11 is 0. The molecule has 0 fully saturated rings. The first kappa shape index (κ1) is 13.2. The Bertz CT molecular complexity index is 801. The Hall–Kier alpha value is -2.82. The second-order valence-electron chi connectivity index (χ2n) is 4.81. The zero-order valence-corrected chi connectivity index (χ0v) is 11.9. The molecule has 21 heavy (non-hydrogen) atoms. The summed E-state index contributed by atoms with van der Waals surface area (Å²) in [6, 6.07) is 13.5. The predicted octanol–water partition coefficient (Wildman–Crippen LogP) is 3.27. The summed E-state index contributed by atoms with van der Waals surface area (Å²) < 4.78 is 5.27. The van der Waals surface area contributed by atoms with Gasteiger partial charge in [-0.3, -0.25) is 0 Å². The highest BCUT2D eigenvalue weighted by molar-refractivity contribution is 5.81. The molecule has 0 saturated heterocycles. The monoisotopic (exact) mass is 280 g/mol. The molecule has 0 aliphatic rings. The fourth-order valence-corrected chi connectivity index (χ4v) is 2.18. The number of para-hydroxylation sites is 2. The molecule has 0 atom stereocenters. The number of anilines is 3. The standard InChI is InChI=1S/C16H16N4O/c1-10-7-11(9-12(8-10)21-2)18-16-15(17)19-13-5-3-4-6-14(13)20-16/h3-9H,1-2H3,(H2,17,19)(H,18,20). The van der Waals surface area contributed by atoms with E-state index < -0.39 is 0 Å². The van der Waals surface area contributed by atoms with Gasteiger partial charge < -0.3 is 15.8 Å². The molecule has 2 aromatic carbocycles. The first-order chi connectivity index (χ1) is 10.2. The topological polar surface area (TPSA) is 73.1 Å². The summed E-state index contributed by atoms with van der Waals surface area (Å²) in [6.07, 6.45) is 0. The van der Waals surface area contributed by atoms with Crippen LogP contribution in [0.3, 0.4) is 0 Å². The molecular formula is C16H16N4O. The van der Waals surface area contributed by atoms with Gasteiger partial charge in [-0.05, 0) is 36.8 Å². The third-order valence-corrected chi connectivity index (χ3v) is 3.15. The Kier molecular flexibility index (Phi) is 3.31. The van der Waals surface area contributed by atoms with Crippen LogP contribution in [0.1, 0.15) is 5.56 Å². The molecule has 0 amide bonds. The number of fused-ring (bicyclic) bond motifs is 1. The highest BCUT2D eigenvalue weighted by Gasteiger charge is 2.07.